The van der Waals surface area contributed by atoms with Gasteiger partial charge < -0.3 is 19.7 Å². The fraction of sp³-hybridized carbons (Fsp3) is 0.350. The number of carbonyl (C=O) groups excluding carboxylic acids is 1. The van der Waals surface area contributed by atoms with Crippen molar-refractivity contribution < 1.29 is 14.3 Å². The number of hydrogen-bond acceptors (Lipinski definition) is 4. The number of ether oxygens (including phenoxy) is 2. The van der Waals surface area contributed by atoms with E-state index in [0.29, 0.717) is 23.7 Å². The second kappa shape index (κ2) is 7.91. The Bertz CT molecular complexity index is 810. The van der Waals surface area contributed by atoms with Crippen LogP contribution < -0.4 is 14.8 Å². The highest BCUT2D eigenvalue weighted by atomic mass is 32.2. The van der Waals surface area contributed by atoms with E-state index in [1.165, 1.54) is 16.7 Å². The Morgan fingerprint density at radius 3 is 2.65 bits per heavy atom. The average molecular weight is 372 g/mol. The predicted octanol–water partition coefficient (Wildman–Crippen LogP) is 4.60. The molecule has 1 fully saturated rings. The maximum Gasteiger partial charge on any atom is 0.323 e. The molecular formula is C20H24N2O3S. The lowest BCUT2D eigenvalue weighted by Gasteiger charge is -2.26. The fourth-order valence-electron chi connectivity index (χ4n) is 3.13. The summed E-state index contributed by atoms with van der Waals surface area (Å²) in [7, 11) is 3.18. The van der Waals surface area contributed by atoms with E-state index in [1.54, 1.807) is 44.2 Å². The van der Waals surface area contributed by atoms with Gasteiger partial charge in [0, 0.05) is 18.4 Å². The summed E-state index contributed by atoms with van der Waals surface area (Å²) in [6.45, 7) is 4.90. The van der Waals surface area contributed by atoms with Gasteiger partial charge in [-0.3, -0.25) is 0 Å². The Hall–Kier alpha value is -2.34. The smallest absolute Gasteiger partial charge is 0.323 e. The van der Waals surface area contributed by atoms with Crippen LogP contribution in [-0.4, -0.2) is 37.4 Å². The van der Waals surface area contributed by atoms with Crippen LogP contribution in [-0.2, 0) is 0 Å². The van der Waals surface area contributed by atoms with Crippen molar-refractivity contribution in [2.45, 2.75) is 19.2 Å². The Morgan fingerprint density at radius 1 is 1.15 bits per heavy atom. The largest absolute Gasteiger partial charge is 0.497 e. The molecular weight excluding hydrogens is 348 g/mol. The first-order valence-electron chi connectivity index (χ1n) is 8.52. The number of aryl methyl sites for hydroxylation is 2. The second-order valence-electron chi connectivity index (χ2n) is 6.27. The number of anilines is 1. The number of hydrogen-bond donors (Lipinski definition) is 1. The molecule has 138 valence electrons. The van der Waals surface area contributed by atoms with Crippen LogP contribution in [0.4, 0.5) is 10.5 Å². The zero-order chi connectivity index (χ0) is 18.7. The number of rotatable bonds is 4. The van der Waals surface area contributed by atoms with E-state index in [-0.39, 0.29) is 11.4 Å². The zero-order valence-corrected chi connectivity index (χ0v) is 16.4. The highest BCUT2D eigenvalue weighted by Crippen LogP contribution is 2.40. The molecule has 0 bridgehead atoms. The van der Waals surface area contributed by atoms with Crippen molar-refractivity contribution in [3.8, 4) is 11.5 Å². The van der Waals surface area contributed by atoms with Crippen molar-refractivity contribution in [2.75, 3.05) is 31.8 Å². The van der Waals surface area contributed by atoms with Crippen molar-refractivity contribution in [3.05, 3.63) is 53.1 Å². The van der Waals surface area contributed by atoms with Gasteiger partial charge in [-0.15, -0.1) is 11.8 Å². The standard InChI is InChI=1S/C20H24N2O3S/c1-13-5-7-16(14(2)11-13)19-22(9-10-26-19)20(23)21-17-8-6-15(24-3)12-18(17)25-4/h5-8,11-12,19H,9-10H2,1-4H3,(H,21,23). The van der Waals surface area contributed by atoms with Crippen LogP contribution in [0, 0.1) is 13.8 Å². The lowest BCUT2D eigenvalue weighted by atomic mass is 10.1. The summed E-state index contributed by atoms with van der Waals surface area (Å²) in [5.41, 5.74) is 4.27. The summed E-state index contributed by atoms with van der Waals surface area (Å²) in [6.07, 6.45) is 0. The van der Waals surface area contributed by atoms with E-state index in [2.05, 4.69) is 37.4 Å². The van der Waals surface area contributed by atoms with Crippen molar-refractivity contribution in [1.29, 1.82) is 0 Å². The van der Waals surface area contributed by atoms with Crippen LogP contribution >= 0.6 is 11.8 Å². The SMILES string of the molecule is COc1ccc(NC(=O)N2CCSC2c2ccc(C)cc2C)c(OC)c1. The van der Waals surface area contributed by atoms with Crippen molar-refractivity contribution in [1.82, 2.24) is 4.90 Å². The average Bonchev–Trinajstić information content (AvgIpc) is 3.11. The Kier molecular flexibility index (Phi) is 5.61. The molecule has 0 aromatic heterocycles. The van der Waals surface area contributed by atoms with Crippen LogP contribution in [0.5, 0.6) is 11.5 Å². The first-order valence-corrected chi connectivity index (χ1v) is 9.56. The zero-order valence-electron chi connectivity index (χ0n) is 15.5. The lowest BCUT2D eigenvalue weighted by molar-refractivity contribution is 0.214. The molecule has 3 rings (SSSR count). The van der Waals surface area contributed by atoms with Gasteiger partial charge in [0.2, 0.25) is 0 Å². The first kappa shape index (κ1) is 18.5. The lowest BCUT2D eigenvalue weighted by Crippen LogP contribution is -2.34. The quantitative estimate of drug-likeness (QED) is 0.852. The van der Waals surface area contributed by atoms with Gasteiger partial charge in [-0.05, 0) is 37.1 Å². The summed E-state index contributed by atoms with van der Waals surface area (Å²) in [5.74, 6) is 2.18. The summed E-state index contributed by atoms with van der Waals surface area (Å²) in [4.78, 5) is 14.8. The number of methoxy groups -OCH3 is 2. The molecule has 1 unspecified atom stereocenters. The fourth-order valence-corrected chi connectivity index (χ4v) is 4.48. The van der Waals surface area contributed by atoms with E-state index in [9.17, 15) is 4.79 Å². The molecule has 1 heterocycles. The van der Waals surface area contributed by atoms with Crippen LogP contribution in [0.1, 0.15) is 22.1 Å². The molecule has 1 aliphatic rings. The molecule has 1 N–H and O–H groups in total. The van der Waals surface area contributed by atoms with E-state index in [0.717, 1.165) is 5.75 Å². The molecule has 0 radical (unpaired) electrons. The van der Waals surface area contributed by atoms with Gasteiger partial charge in [0.15, 0.2) is 0 Å². The minimum Gasteiger partial charge on any atom is -0.497 e. The van der Waals surface area contributed by atoms with E-state index >= 15 is 0 Å². The molecule has 2 amide bonds. The third kappa shape index (κ3) is 3.75. The number of urea groups is 1. The molecule has 0 spiro atoms. The van der Waals surface area contributed by atoms with Gasteiger partial charge in [0.25, 0.3) is 0 Å². The van der Waals surface area contributed by atoms with Crippen LogP contribution in [0.3, 0.4) is 0 Å². The first-order chi connectivity index (χ1) is 12.5. The summed E-state index contributed by atoms with van der Waals surface area (Å²) >= 11 is 1.79. The molecule has 0 saturated carbocycles. The summed E-state index contributed by atoms with van der Waals surface area (Å²) in [5, 5.41) is 3.01. The van der Waals surface area contributed by atoms with Gasteiger partial charge in [-0.1, -0.05) is 23.8 Å². The van der Waals surface area contributed by atoms with Gasteiger partial charge >= 0.3 is 6.03 Å². The van der Waals surface area contributed by atoms with E-state index < -0.39 is 0 Å². The van der Waals surface area contributed by atoms with Gasteiger partial charge in [-0.25, -0.2) is 4.79 Å². The maximum atomic E-state index is 12.9. The molecule has 1 atom stereocenters. The molecule has 2 aromatic rings. The van der Waals surface area contributed by atoms with Crippen LogP contribution in [0.25, 0.3) is 0 Å². The third-order valence-corrected chi connectivity index (χ3v) is 5.74. The Balaban J connectivity index is 1.81. The summed E-state index contributed by atoms with van der Waals surface area (Å²) < 4.78 is 10.6. The van der Waals surface area contributed by atoms with E-state index in [4.69, 9.17) is 9.47 Å². The van der Waals surface area contributed by atoms with Crippen molar-refractivity contribution >= 4 is 23.5 Å². The topological polar surface area (TPSA) is 50.8 Å². The minimum absolute atomic E-state index is 0.0276. The summed E-state index contributed by atoms with van der Waals surface area (Å²) in [6, 6.07) is 11.6. The third-order valence-electron chi connectivity index (χ3n) is 4.49. The van der Waals surface area contributed by atoms with Crippen LogP contribution in [0.2, 0.25) is 0 Å². The number of carbonyl (C=O) groups is 1. The van der Waals surface area contributed by atoms with E-state index in [1.807, 2.05) is 4.90 Å². The molecule has 26 heavy (non-hydrogen) atoms. The maximum absolute atomic E-state index is 12.9. The van der Waals surface area contributed by atoms with Crippen molar-refractivity contribution in [2.24, 2.45) is 0 Å². The molecule has 0 aliphatic carbocycles. The minimum atomic E-state index is -0.122. The predicted molar refractivity (Wildman–Crippen MR) is 106 cm³/mol. The van der Waals surface area contributed by atoms with Crippen molar-refractivity contribution in [3.63, 3.8) is 0 Å². The van der Waals surface area contributed by atoms with Gasteiger partial charge in [0.05, 0.1) is 19.9 Å². The molecule has 1 aliphatic heterocycles. The normalized spacial score (nSPS) is 16.5. The number of amides is 2. The molecule has 1 saturated heterocycles. The second-order valence-corrected chi connectivity index (χ2v) is 7.46. The molecule has 5 nitrogen and oxygen atoms in total. The monoisotopic (exact) mass is 372 g/mol. The van der Waals surface area contributed by atoms with Gasteiger partial charge in [0.1, 0.15) is 16.9 Å². The number of benzene rings is 2. The number of thioether (sulfide) groups is 1. The highest BCUT2D eigenvalue weighted by Gasteiger charge is 2.32. The molecule has 2 aromatic carbocycles. The molecule has 6 heteroatoms. The number of nitrogens with one attached hydrogen (secondary N) is 1. The highest BCUT2D eigenvalue weighted by molar-refractivity contribution is 7.99. The Morgan fingerprint density at radius 2 is 1.96 bits per heavy atom. The van der Waals surface area contributed by atoms with Gasteiger partial charge in [-0.2, -0.15) is 0 Å². The van der Waals surface area contributed by atoms with Crippen LogP contribution in [0.15, 0.2) is 36.4 Å². The number of nitrogens with zero attached hydrogens (tertiary/aromatic N) is 1. The Labute approximate surface area is 158 Å².